The Balaban J connectivity index is 1.64. The molecule has 0 spiro atoms. The summed E-state index contributed by atoms with van der Waals surface area (Å²) >= 11 is 0. The van der Waals surface area contributed by atoms with Crippen molar-refractivity contribution in [1.29, 1.82) is 0 Å². The van der Waals surface area contributed by atoms with E-state index in [9.17, 15) is 4.79 Å². The van der Waals surface area contributed by atoms with Crippen molar-refractivity contribution in [1.82, 2.24) is 15.0 Å². The van der Waals surface area contributed by atoms with Gasteiger partial charge in [0, 0.05) is 32.4 Å². The third-order valence-corrected chi connectivity index (χ3v) is 4.68. The molecule has 1 aliphatic rings. The maximum absolute atomic E-state index is 12.4. The van der Waals surface area contributed by atoms with Gasteiger partial charge in [0.25, 0.3) is 0 Å². The molecule has 0 bridgehead atoms. The molecule has 1 fully saturated rings. The van der Waals surface area contributed by atoms with Crippen LogP contribution in [0, 0.1) is 6.92 Å². The molecular formula is C19H21N5O3. The predicted octanol–water partition coefficient (Wildman–Crippen LogP) is 2.43. The van der Waals surface area contributed by atoms with Crippen LogP contribution in [0.3, 0.4) is 0 Å². The van der Waals surface area contributed by atoms with E-state index in [1.165, 1.54) is 6.33 Å². The van der Waals surface area contributed by atoms with E-state index in [-0.39, 0.29) is 0 Å². The molecule has 0 aliphatic carbocycles. The average Bonchev–Trinajstić information content (AvgIpc) is 3.05. The molecule has 3 aromatic rings. The largest absolute Gasteiger partial charge is 0.462 e. The lowest BCUT2D eigenvalue weighted by molar-refractivity contribution is 0.0526. The van der Waals surface area contributed by atoms with Gasteiger partial charge in [0.2, 0.25) is 5.71 Å². The summed E-state index contributed by atoms with van der Waals surface area (Å²) in [5, 5.41) is 0.625. The van der Waals surface area contributed by atoms with E-state index in [2.05, 4.69) is 24.8 Å². The quantitative estimate of drug-likeness (QED) is 0.650. The highest BCUT2D eigenvalue weighted by atomic mass is 16.5. The zero-order valence-corrected chi connectivity index (χ0v) is 15.4. The summed E-state index contributed by atoms with van der Waals surface area (Å²) in [5.74, 6) is 1.77. The van der Waals surface area contributed by atoms with Gasteiger partial charge in [0.05, 0.1) is 12.0 Å². The molecule has 0 aromatic carbocycles. The Morgan fingerprint density at radius 2 is 1.93 bits per heavy atom. The van der Waals surface area contributed by atoms with Gasteiger partial charge in [-0.2, -0.15) is 0 Å². The molecule has 8 heteroatoms. The second-order valence-corrected chi connectivity index (χ2v) is 6.29. The van der Waals surface area contributed by atoms with Gasteiger partial charge in [-0.1, -0.05) is 6.07 Å². The minimum absolute atomic E-state index is 0.302. The van der Waals surface area contributed by atoms with Crippen LogP contribution in [-0.2, 0) is 4.74 Å². The first-order valence-electron chi connectivity index (χ1n) is 9.01. The number of aromatic nitrogens is 3. The molecule has 27 heavy (non-hydrogen) atoms. The van der Waals surface area contributed by atoms with E-state index in [0.717, 1.165) is 32.0 Å². The van der Waals surface area contributed by atoms with Crippen molar-refractivity contribution >= 4 is 28.7 Å². The van der Waals surface area contributed by atoms with E-state index in [0.29, 0.717) is 34.8 Å². The fourth-order valence-corrected chi connectivity index (χ4v) is 3.41. The number of piperazine rings is 1. The van der Waals surface area contributed by atoms with Gasteiger partial charge in [-0.3, -0.25) is 0 Å². The van der Waals surface area contributed by atoms with E-state index in [4.69, 9.17) is 9.15 Å². The maximum Gasteiger partial charge on any atom is 0.342 e. The van der Waals surface area contributed by atoms with E-state index >= 15 is 0 Å². The minimum atomic E-state index is -0.406. The molecule has 0 radical (unpaired) electrons. The normalized spacial score (nSPS) is 14.6. The Morgan fingerprint density at radius 3 is 2.63 bits per heavy atom. The number of nitrogens with zero attached hydrogens (tertiary/aromatic N) is 5. The van der Waals surface area contributed by atoms with Crippen LogP contribution < -0.4 is 9.80 Å². The SMILES string of the molecule is CCOC(=O)c1c(C)oc2ncnc(N3CCN(c4ccccn4)CC3)c12. The summed E-state index contributed by atoms with van der Waals surface area (Å²) in [6.07, 6.45) is 3.27. The van der Waals surface area contributed by atoms with Crippen LogP contribution in [0.25, 0.3) is 11.1 Å². The fraction of sp³-hybridized carbons (Fsp3) is 0.368. The molecule has 0 N–H and O–H groups in total. The number of carbonyl (C=O) groups excluding carboxylic acids is 1. The van der Waals surface area contributed by atoms with Crippen LogP contribution in [0.5, 0.6) is 0 Å². The van der Waals surface area contributed by atoms with Gasteiger partial charge < -0.3 is 19.0 Å². The summed E-state index contributed by atoms with van der Waals surface area (Å²) in [4.78, 5) is 29.9. The van der Waals surface area contributed by atoms with Gasteiger partial charge >= 0.3 is 5.97 Å². The zero-order chi connectivity index (χ0) is 18.8. The number of ether oxygens (including phenoxy) is 1. The third-order valence-electron chi connectivity index (χ3n) is 4.68. The summed E-state index contributed by atoms with van der Waals surface area (Å²) in [6.45, 7) is 6.98. The Morgan fingerprint density at radius 1 is 1.15 bits per heavy atom. The highest BCUT2D eigenvalue weighted by Gasteiger charge is 2.27. The molecule has 0 unspecified atom stereocenters. The number of hydrogen-bond donors (Lipinski definition) is 0. The first-order valence-corrected chi connectivity index (χ1v) is 9.01. The second-order valence-electron chi connectivity index (χ2n) is 6.29. The van der Waals surface area contributed by atoms with Gasteiger partial charge in [-0.15, -0.1) is 0 Å². The van der Waals surface area contributed by atoms with Crippen LogP contribution >= 0.6 is 0 Å². The molecule has 1 aliphatic heterocycles. The van der Waals surface area contributed by atoms with Crippen LogP contribution in [0.1, 0.15) is 23.0 Å². The lowest BCUT2D eigenvalue weighted by Crippen LogP contribution is -2.47. The van der Waals surface area contributed by atoms with Crippen molar-refractivity contribution in [2.75, 3.05) is 42.6 Å². The first kappa shape index (κ1) is 17.3. The van der Waals surface area contributed by atoms with Crippen LogP contribution in [0.15, 0.2) is 35.1 Å². The van der Waals surface area contributed by atoms with Gasteiger partial charge in [0.1, 0.15) is 29.3 Å². The van der Waals surface area contributed by atoms with Crippen molar-refractivity contribution in [3.63, 3.8) is 0 Å². The lowest BCUT2D eigenvalue weighted by Gasteiger charge is -2.36. The summed E-state index contributed by atoms with van der Waals surface area (Å²) in [6, 6.07) is 5.91. The minimum Gasteiger partial charge on any atom is -0.462 e. The summed E-state index contributed by atoms with van der Waals surface area (Å²) < 4.78 is 10.9. The van der Waals surface area contributed by atoms with Crippen molar-refractivity contribution in [3.05, 3.63) is 42.0 Å². The number of carbonyl (C=O) groups is 1. The maximum atomic E-state index is 12.4. The number of aryl methyl sites for hydroxylation is 1. The topological polar surface area (TPSA) is 84.6 Å². The van der Waals surface area contributed by atoms with E-state index in [1.807, 2.05) is 18.2 Å². The standard InChI is InChI=1S/C19H21N5O3/c1-3-26-19(25)15-13(2)27-18-16(15)17(21-12-22-18)24-10-8-23(9-11-24)14-6-4-5-7-20-14/h4-7,12H,3,8-11H2,1-2H3. The number of esters is 1. The summed E-state index contributed by atoms with van der Waals surface area (Å²) in [5.41, 5.74) is 0.822. The molecule has 0 atom stereocenters. The van der Waals surface area contributed by atoms with Crippen molar-refractivity contribution in [3.8, 4) is 0 Å². The molecule has 0 amide bonds. The van der Waals surface area contributed by atoms with E-state index < -0.39 is 5.97 Å². The van der Waals surface area contributed by atoms with Crippen molar-refractivity contribution in [2.45, 2.75) is 13.8 Å². The monoisotopic (exact) mass is 367 g/mol. The van der Waals surface area contributed by atoms with E-state index in [1.54, 1.807) is 20.0 Å². The number of rotatable bonds is 4. The average molecular weight is 367 g/mol. The van der Waals surface area contributed by atoms with Crippen LogP contribution in [-0.4, -0.2) is 53.7 Å². The molecular weight excluding hydrogens is 346 g/mol. The fourth-order valence-electron chi connectivity index (χ4n) is 3.41. The molecule has 4 heterocycles. The zero-order valence-electron chi connectivity index (χ0n) is 15.4. The lowest BCUT2D eigenvalue weighted by atomic mass is 10.1. The van der Waals surface area contributed by atoms with Gasteiger partial charge in [-0.25, -0.2) is 19.7 Å². The summed E-state index contributed by atoms with van der Waals surface area (Å²) in [7, 11) is 0. The van der Waals surface area contributed by atoms with Gasteiger partial charge in [-0.05, 0) is 26.0 Å². The number of pyridine rings is 1. The number of furan rings is 1. The molecule has 4 rings (SSSR count). The number of anilines is 2. The Bertz CT molecular complexity index is 949. The Hall–Kier alpha value is -3.16. The second kappa shape index (κ2) is 7.22. The highest BCUT2D eigenvalue weighted by Crippen LogP contribution is 2.32. The van der Waals surface area contributed by atoms with Gasteiger partial charge in [0.15, 0.2) is 0 Å². The number of fused-ring (bicyclic) bond motifs is 1. The molecule has 140 valence electrons. The highest BCUT2D eigenvalue weighted by molar-refractivity contribution is 6.07. The van der Waals surface area contributed by atoms with Crippen molar-refractivity contribution in [2.24, 2.45) is 0 Å². The van der Waals surface area contributed by atoms with Crippen molar-refractivity contribution < 1.29 is 13.9 Å². The third kappa shape index (κ3) is 3.18. The van der Waals surface area contributed by atoms with Crippen LogP contribution in [0.2, 0.25) is 0 Å². The number of hydrogen-bond acceptors (Lipinski definition) is 8. The first-order chi connectivity index (χ1) is 13.2. The smallest absolute Gasteiger partial charge is 0.342 e. The molecule has 0 saturated carbocycles. The Kier molecular flexibility index (Phi) is 4.62. The molecule has 3 aromatic heterocycles. The van der Waals surface area contributed by atoms with Crippen LogP contribution in [0.4, 0.5) is 11.6 Å². The molecule has 1 saturated heterocycles. The molecule has 8 nitrogen and oxygen atoms in total. The Labute approximate surface area is 156 Å². The predicted molar refractivity (Wildman–Crippen MR) is 101 cm³/mol.